The molecule has 0 bridgehead atoms. The molecule has 0 aliphatic carbocycles. The highest BCUT2D eigenvalue weighted by Gasteiger charge is 2.15. The van der Waals surface area contributed by atoms with Crippen molar-refractivity contribution in [3.8, 4) is 11.4 Å². The zero-order valence-corrected chi connectivity index (χ0v) is 12.3. The van der Waals surface area contributed by atoms with Crippen molar-refractivity contribution >= 4 is 17.5 Å². The van der Waals surface area contributed by atoms with Crippen LogP contribution >= 0.6 is 0 Å². The molecule has 2 heterocycles. The van der Waals surface area contributed by atoms with E-state index in [0.29, 0.717) is 11.5 Å². The number of nitrogens with one attached hydrogen (secondary N) is 2. The number of anilines is 1. The van der Waals surface area contributed by atoms with Crippen LogP contribution in [0.25, 0.3) is 11.4 Å². The summed E-state index contributed by atoms with van der Waals surface area (Å²) in [6.45, 7) is 1.90. The van der Waals surface area contributed by atoms with Gasteiger partial charge in [-0.2, -0.15) is 0 Å². The number of imidazole rings is 1. The largest absolute Gasteiger partial charge is 0.458 e. The number of H-pyrrole nitrogens is 1. The first kappa shape index (κ1) is 14.6. The molecule has 0 spiro atoms. The first-order valence-corrected chi connectivity index (χ1v) is 6.85. The van der Waals surface area contributed by atoms with Crippen molar-refractivity contribution in [2.45, 2.75) is 6.92 Å². The normalized spacial score (nSPS) is 10.5. The van der Waals surface area contributed by atoms with Crippen LogP contribution in [0.2, 0.25) is 0 Å². The maximum Gasteiger partial charge on any atom is 0.284 e. The number of rotatable bonds is 4. The van der Waals surface area contributed by atoms with Crippen molar-refractivity contribution in [3.05, 3.63) is 59.8 Å². The standard InChI is InChI=1S/C16H14N4O3/c1-9-7-18-15(19-9)11-4-2-3-5-12(11)20-16(22)10-6-13(14(17)21)23-8-10/h2-8H,1H3,(H2,17,21)(H,18,19)(H,20,22). The fourth-order valence-corrected chi connectivity index (χ4v) is 2.13. The SMILES string of the molecule is Cc1cnc(-c2ccccc2NC(=O)c2coc(C(N)=O)c2)[nH]1. The topological polar surface area (TPSA) is 114 Å². The van der Waals surface area contributed by atoms with Gasteiger partial charge in [0.1, 0.15) is 12.1 Å². The fraction of sp³-hybridized carbons (Fsp3) is 0.0625. The second-order valence-electron chi connectivity index (χ2n) is 4.98. The van der Waals surface area contributed by atoms with Gasteiger partial charge in [-0.15, -0.1) is 0 Å². The van der Waals surface area contributed by atoms with Crippen molar-refractivity contribution in [1.82, 2.24) is 9.97 Å². The van der Waals surface area contributed by atoms with Crippen LogP contribution in [0.15, 0.2) is 47.2 Å². The number of carbonyl (C=O) groups excluding carboxylic acids is 2. The molecule has 0 saturated carbocycles. The molecule has 2 aromatic heterocycles. The van der Waals surface area contributed by atoms with E-state index in [9.17, 15) is 9.59 Å². The Labute approximate surface area is 131 Å². The van der Waals surface area contributed by atoms with Gasteiger partial charge in [-0.3, -0.25) is 9.59 Å². The molecule has 7 heteroatoms. The number of amides is 2. The lowest BCUT2D eigenvalue weighted by Crippen LogP contribution is -2.13. The second kappa shape index (κ2) is 5.80. The van der Waals surface area contributed by atoms with Crippen molar-refractivity contribution in [2.24, 2.45) is 5.73 Å². The zero-order chi connectivity index (χ0) is 16.4. The Morgan fingerprint density at radius 2 is 2.09 bits per heavy atom. The van der Waals surface area contributed by atoms with Crippen LogP contribution < -0.4 is 11.1 Å². The molecule has 2 amide bonds. The fourth-order valence-electron chi connectivity index (χ4n) is 2.13. The molecule has 0 unspecified atom stereocenters. The van der Waals surface area contributed by atoms with Crippen LogP contribution in [0.4, 0.5) is 5.69 Å². The summed E-state index contributed by atoms with van der Waals surface area (Å²) in [5, 5.41) is 2.78. The maximum absolute atomic E-state index is 12.3. The Hall–Kier alpha value is -3.35. The minimum atomic E-state index is -0.726. The lowest BCUT2D eigenvalue weighted by Gasteiger charge is -2.08. The minimum absolute atomic E-state index is 0.0647. The molecule has 0 aliphatic rings. The summed E-state index contributed by atoms with van der Waals surface area (Å²) in [6, 6.07) is 8.57. The van der Waals surface area contributed by atoms with E-state index in [2.05, 4.69) is 15.3 Å². The van der Waals surface area contributed by atoms with E-state index < -0.39 is 11.8 Å². The number of aryl methyl sites for hydroxylation is 1. The number of carbonyl (C=O) groups is 2. The van der Waals surface area contributed by atoms with Gasteiger partial charge in [0.15, 0.2) is 5.76 Å². The molecule has 7 nitrogen and oxygen atoms in total. The lowest BCUT2D eigenvalue weighted by atomic mass is 10.1. The van der Waals surface area contributed by atoms with Crippen molar-refractivity contribution < 1.29 is 14.0 Å². The molecule has 0 saturated heterocycles. The highest BCUT2D eigenvalue weighted by Crippen LogP contribution is 2.26. The van der Waals surface area contributed by atoms with E-state index in [0.717, 1.165) is 11.3 Å². The van der Waals surface area contributed by atoms with Gasteiger partial charge in [0.2, 0.25) is 0 Å². The van der Waals surface area contributed by atoms with Crippen LogP contribution in [-0.2, 0) is 0 Å². The van der Waals surface area contributed by atoms with Crippen molar-refractivity contribution in [3.63, 3.8) is 0 Å². The number of aromatic nitrogens is 2. The Morgan fingerprint density at radius 1 is 1.30 bits per heavy atom. The average Bonchev–Trinajstić information content (AvgIpc) is 3.17. The number of nitrogens with zero attached hydrogens (tertiary/aromatic N) is 1. The third-order valence-electron chi connectivity index (χ3n) is 3.24. The molecule has 0 fully saturated rings. The molecule has 0 radical (unpaired) electrons. The van der Waals surface area contributed by atoms with Gasteiger partial charge in [0.25, 0.3) is 11.8 Å². The summed E-state index contributed by atoms with van der Waals surface area (Å²) < 4.78 is 4.95. The molecule has 116 valence electrons. The summed E-state index contributed by atoms with van der Waals surface area (Å²) in [5.41, 5.74) is 7.58. The monoisotopic (exact) mass is 310 g/mol. The van der Waals surface area contributed by atoms with E-state index in [1.165, 1.54) is 12.3 Å². The third-order valence-corrected chi connectivity index (χ3v) is 3.24. The van der Waals surface area contributed by atoms with E-state index in [1.54, 1.807) is 18.3 Å². The number of hydrogen-bond donors (Lipinski definition) is 3. The summed E-state index contributed by atoms with van der Waals surface area (Å²) >= 11 is 0. The highest BCUT2D eigenvalue weighted by atomic mass is 16.3. The van der Waals surface area contributed by atoms with Gasteiger partial charge in [-0.05, 0) is 19.1 Å². The molecule has 23 heavy (non-hydrogen) atoms. The Balaban J connectivity index is 1.88. The van der Waals surface area contributed by atoms with Gasteiger partial charge < -0.3 is 20.5 Å². The number of para-hydroxylation sites is 1. The van der Waals surface area contributed by atoms with Crippen LogP contribution in [0.5, 0.6) is 0 Å². The number of furan rings is 1. The quantitative estimate of drug-likeness (QED) is 0.686. The molecule has 1 aromatic carbocycles. The van der Waals surface area contributed by atoms with E-state index in [4.69, 9.17) is 10.2 Å². The number of aromatic amines is 1. The average molecular weight is 310 g/mol. The van der Waals surface area contributed by atoms with Crippen LogP contribution in [-0.4, -0.2) is 21.8 Å². The van der Waals surface area contributed by atoms with Gasteiger partial charge in [0, 0.05) is 23.5 Å². The lowest BCUT2D eigenvalue weighted by molar-refractivity contribution is 0.0972. The second-order valence-corrected chi connectivity index (χ2v) is 4.98. The van der Waals surface area contributed by atoms with Crippen LogP contribution in [0.3, 0.4) is 0 Å². The Morgan fingerprint density at radius 3 is 2.74 bits per heavy atom. The molecule has 3 rings (SSSR count). The molecular formula is C16H14N4O3. The summed E-state index contributed by atoms with van der Waals surface area (Å²) in [7, 11) is 0. The Bertz CT molecular complexity index is 879. The zero-order valence-electron chi connectivity index (χ0n) is 12.3. The first-order valence-electron chi connectivity index (χ1n) is 6.85. The molecular weight excluding hydrogens is 296 g/mol. The maximum atomic E-state index is 12.3. The molecule has 4 N–H and O–H groups in total. The summed E-state index contributed by atoms with van der Waals surface area (Å²) in [4.78, 5) is 30.7. The molecule has 0 aliphatic heterocycles. The van der Waals surface area contributed by atoms with Gasteiger partial charge in [0.05, 0.1) is 11.3 Å². The predicted octanol–water partition coefficient (Wildman–Crippen LogP) is 2.33. The Kier molecular flexibility index (Phi) is 3.68. The van der Waals surface area contributed by atoms with E-state index in [1.807, 2.05) is 19.1 Å². The summed E-state index contributed by atoms with van der Waals surface area (Å²) in [5.74, 6) is -0.541. The number of hydrogen-bond acceptors (Lipinski definition) is 4. The highest BCUT2D eigenvalue weighted by molar-refractivity contribution is 6.07. The molecule has 3 aromatic rings. The number of benzene rings is 1. The third kappa shape index (κ3) is 2.98. The van der Waals surface area contributed by atoms with Crippen molar-refractivity contribution in [1.29, 1.82) is 0 Å². The van der Waals surface area contributed by atoms with Crippen LogP contribution in [0, 0.1) is 6.92 Å². The smallest absolute Gasteiger partial charge is 0.284 e. The van der Waals surface area contributed by atoms with E-state index in [-0.39, 0.29) is 11.3 Å². The van der Waals surface area contributed by atoms with Crippen LogP contribution in [0.1, 0.15) is 26.6 Å². The van der Waals surface area contributed by atoms with Gasteiger partial charge >= 0.3 is 0 Å². The van der Waals surface area contributed by atoms with Gasteiger partial charge in [-0.1, -0.05) is 12.1 Å². The molecule has 0 atom stereocenters. The number of nitrogens with two attached hydrogens (primary N) is 1. The number of primary amides is 1. The first-order chi connectivity index (χ1) is 11.0. The summed E-state index contributed by atoms with van der Waals surface area (Å²) in [6.07, 6.45) is 2.90. The predicted molar refractivity (Wildman–Crippen MR) is 83.9 cm³/mol. The van der Waals surface area contributed by atoms with Gasteiger partial charge in [-0.25, -0.2) is 4.98 Å². The minimum Gasteiger partial charge on any atom is -0.458 e. The van der Waals surface area contributed by atoms with E-state index >= 15 is 0 Å². The van der Waals surface area contributed by atoms with Crippen molar-refractivity contribution in [2.75, 3.05) is 5.32 Å².